The molecule has 0 aliphatic rings. The third kappa shape index (κ3) is 3.38. The van der Waals surface area contributed by atoms with Crippen LogP contribution in [0.15, 0.2) is 34.7 Å². The number of nitriles is 1. The predicted octanol–water partition coefficient (Wildman–Crippen LogP) is 2.88. The van der Waals surface area contributed by atoms with Crippen LogP contribution in [0.2, 0.25) is 0 Å². The van der Waals surface area contributed by atoms with E-state index < -0.39 is 17.6 Å². The Bertz CT molecular complexity index is 745. The maximum Gasteiger partial charge on any atom is 0.418 e. The number of halogens is 3. The number of furan rings is 1. The van der Waals surface area contributed by atoms with Crippen molar-refractivity contribution in [3.63, 3.8) is 0 Å². The average molecular weight is 309 g/mol. The van der Waals surface area contributed by atoms with E-state index in [1.807, 2.05) is 0 Å². The first-order valence-electron chi connectivity index (χ1n) is 6.05. The van der Waals surface area contributed by atoms with Crippen LogP contribution in [0.1, 0.15) is 27.4 Å². The summed E-state index contributed by atoms with van der Waals surface area (Å²) in [6, 6.07) is 7.54. The Hall–Kier alpha value is -2.95. The normalized spacial score (nSPS) is 11.0. The van der Waals surface area contributed by atoms with Gasteiger partial charge in [0.15, 0.2) is 5.76 Å². The first-order valence-corrected chi connectivity index (χ1v) is 6.05. The summed E-state index contributed by atoms with van der Waals surface area (Å²) >= 11 is 0. The summed E-state index contributed by atoms with van der Waals surface area (Å²) in [7, 11) is 0. The Morgan fingerprint density at radius 3 is 2.59 bits per heavy atom. The summed E-state index contributed by atoms with van der Waals surface area (Å²) in [6.07, 6.45) is -4.56. The van der Waals surface area contributed by atoms with Crippen molar-refractivity contribution in [3.8, 4) is 6.07 Å². The minimum atomic E-state index is -4.56. The smallest absolute Gasteiger partial charge is 0.418 e. The van der Waals surface area contributed by atoms with E-state index in [0.29, 0.717) is 0 Å². The number of carbonyl (C=O) groups is 1. The fourth-order valence-corrected chi connectivity index (χ4v) is 1.79. The van der Waals surface area contributed by atoms with Crippen molar-refractivity contribution in [2.24, 2.45) is 5.73 Å². The molecule has 2 rings (SSSR count). The average Bonchev–Trinajstić information content (AvgIpc) is 2.92. The van der Waals surface area contributed by atoms with Crippen molar-refractivity contribution in [2.45, 2.75) is 12.7 Å². The fourth-order valence-electron chi connectivity index (χ4n) is 1.79. The Kier molecular flexibility index (Phi) is 4.08. The minimum Gasteiger partial charge on any atom is -0.454 e. The molecule has 0 atom stereocenters. The van der Waals surface area contributed by atoms with E-state index in [0.717, 1.165) is 18.2 Å². The second-order valence-electron chi connectivity index (χ2n) is 4.35. The molecule has 1 amide bonds. The van der Waals surface area contributed by atoms with E-state index in [9.17, 15) is 18.0 Å². The van der Waals surface area contributed by atoms with E-state index in [4.69, 9.17) is 15.4 Å². The highest BCUT2D eigenvalue weighted by Gasteiger charge is 2.33. The van der Waals surface area contributed by atoms with Crippen molar-refractivity contribution in [1.29, 1.82) is 5.26 Å². The Morgan fingerprint density at radius 2 is 2.05 bits per heavy atom. The quantitative estimate of drug-likeness (QED) is 0.908. The van der Waals surface area contributed by atoms with E-state index >= 15 is 0 Å². The highest BCUT2D eigenvalue weighted by Crippen LogP contribution is 2.35. The Balaban J connectivity index is 2.24. The van der Waals surface area contributed by atoms with Crippen molar-refractivity contribution >= 4 is 11.6 Å². The van der Waals surface area contributed by atoms with E-state index in [2.05, 4.69) is 5.32 Å². The SMILES string of the molecule is N#Cc1ccc(C(F)(F)F)c(NCc2ccc(C(N)=O)o2)c1. The van der Waals surface area contributed by atoms with E-state index in [1.54, 1.807) is 6.07 Å². The number of hydrogen-bond donors (Lipinski definition) is 2. The number of alkyl halides is 3. The lowest BCUT2D eigenvalue weighted by Gasteiger charge is -2.14. The molecule has 0 saturated heterocycles. The number of primary amides is 1. The topological polar surface area (TPSA) is 92.0 Å². The van der Waals surface area contributed by atoms with Gasteiger partial charge >= 0.3 is 6.18 Å². The molecule has 22 heavy (non-hydrogen) atoms. The van der Waals surface area contributed by atoms with Gasteiger partial charge in [-0.05, 0) is 30.3 Å². The number of rotatable bonds is 4. The van der Waals surface area contributed by atoms with Gasteiger partial charge in [-0.1, -0.05) is 0 Å². The van der Waals surface area contributed by atoms with Crippen LogP contribution >= 0.6 is 0 Å². The third-order valence-electron chi connectivity index (χ3n) is 2.81. The molecule has 5 nitrogen and oxygen atoms in total. The van der Waals surface area contributed by atoms with Gasteiger partial charge in [0.25, 0.3) is 5.91 Å². The Labute approximate surface area is 123 Å². The molecule has 0 saturated carbocycles. The van der Waals surface area contributed by atoms with Crippen LogP contribution in [-0.2, 0) is 12.7 Å². The molecule has 0 radical (unpaired) electrons. The van der Waals surface area contributed by atoms with Gasteiger partial charge in [0.05, 0.1) is 23.7 Å². The van der Waals surface area contributed by atoms with Crippen molar-refractivity contribution in [2.75, 3.05) is 5.32 Å². The van der Waals surface area contributed by atoms with Gasteiger partial charge in [-0.15, -0.1) is 0 Å². The molecular formula is C14H10F3N3O2. The standard InChI is InChI=1S/C14H10F3N3O2/c15-14(16,17)10-3-1-8(6-18)5-11(10)20-7-9-2-4-12(22-9)13(19)21/h1-5,20H,7H2,(H2,19,21). The van der Waals surface area contributed by atoms with Crippen LogP contribution in [0.25, 0.3) is 0 Å². The van der Waals surface area contributed by atoms with Crippen LogP contribution in [0.3, 0.4) is 0 Å². The van der Waals surface area contributed by atoms with Gasteiger partial charge in [-0.25, -0.2) is 0 Å². The summed E-state index contributed by atoms with van der Waals surface area (Å²) in [5.74, 6) is -0.614. The summed E-state index contributed by atoms with van der Waals surface area (Å²) in [6.45, 7) is -0.0920. The number of amides is 1. The lowest BCUT2D eigenvalue weighted by Crippen LogP contribution is -2.11. The van der Waals surface area contributed by atoms with Gasteiger partial charge in [0.1, 0.15) is 5.76 Å². The highest BCUT2D eigenvalue weighted by atomic mass is 19.4. The molecule has 0 aliphatic heterocycles. The van der Waals surface area contributed by atoms with Gasteiger partial charge in [-0.2, -0.15) is 18.4 Å². The number of nitrogens with zero attached hydrogens (tertiary/aromatic N) is 1. The Morgan fingerprint density at radius 1 is 1.32 bits per heavy atom. The number of benzene rings is 1. The summed E-state index contributed by atoms with van der Waals surface area (Å²) in [5, 5.41) is 11.3. The molecule has 3 N–H and O–H groups in total. The first kappa shape index (κ1) is 15.4. The molecule has 0 aliphatic carbocycles. The molecular weight excluding hydrogens is 299 g/mol. The lowest BCUT2D eigenvalue weighted by molar-refractivity contribution is -0.137. The van der Waals surface area contributed by atoms with Crippen molar-refractivity contribution < 1.29 is 22.4 Å². The second kappa shape index (κ2) is 5.81. The van der Waals surface area contributed by atoms with Crippen LogP contribution in [0.5, 0.6) is 0 Å². The number of nitrogens with two attached hydrogens (primary N) is 1. The van der Waals surface area contributed by atoms with Gasteiger partial charge in [0, 0.05) is 5.69 Å². The zero-order valence-corrected chi connectivity index (χ0v) is 11.1. The highest BCUT2D eigenvalue weighted by molar-refractivity contribution is 5.89. The zero-order valence-electron chi connectivity index (χ0n) is 11.1. The molecule has 0 fully saturated rings. The minimum absolute atomic E-state index is 0.0846. The molecule has 114 valence electrons. The van der Waals surface area contributed by atoms with Crippen molar-refractivity contribution in [3.05, 3.63) is 53.0 Å². The van der Waals surface area contributed by atoms with Crippen LogP contribution in [0.4, 0.5) is 18.9 Å². The zero-order chi connectivity index (χ0) is 16.3. The lowest BCUT2D eigenvalue weighted by atomic mass is 10.1. The van der Waals surface area contributed by atoms with Gasteiger partial charge < -0.3 is 15.5 Å². The molecule has 1 aromatic carbocycles. The maximum absolute atomic E-state index is 12.9. The molecule has 0 bridgehead atoms. The monoisotopic (exact) mass is 309 g/mol. The summed E-state index contributed by atoms with van der Waals surface area (Å²) in [5.41, 5.74) is 3.96. The maximum atomic E-state index is 12.9. The van der Waals surface area contributed by atoms with Crippen molar-refractivity contribution in [1.82, 2.24) is 0 Å². The predicted molar refractivity (Wildman–Crippen MR) is 70.7 cm³/mol. The molecule has 0 unspecified atom stereocenters. The summed E-state index contributed by atoms with van der Waals surface area (Å²) in [4.78, 5) is 10.9. The van der Waals surface area contributed by atoms with Crippen LogP contribution in [-0.4, -0.2) is 5.91 Å². The first-order chi connectivity index (χ1) is 10.3. The largest absolute Gasteiger partial charge is 0.454 e. The second-order valence-corrected chi connectivity index (χ2v) is 4.35. The molecule has 1 aromatic heterocycles. The molecule has 1 heterocycles. The fraction of sp³-hybridized carbons (Fsp3) is 0.143. The van der Waals surface area contributed by atoms with Gasteiger partial charge in [0.2, 0.25) is 0 Å². The van der Waals surface area contributed by atoms with E-state index in [-0.39, 0.29) is 29.3 Å². The van der Waals surface area contributed by atoms with Crippen LogP contribution < -0.4 is 11.1 Å². The number of anilines is 1. The van der Waals surface area contributed by atoms with Crippen LogP contribution in [0, 0.1) is 11.3 Å². The van der Waals surface area contributed by atoms with E-state index in [1.165, 1.54) is 12.1 Å². The third-order valence-corrected chi connectivity index (χ3v) is 2.81. The number of nitrogens with one attached hydrogen (secondary N) is 1. The molecule has 2 aromatic rings. The summed E-state index contributed by atoms with van der Waals surface area (Å²) < 4.78 is 43.8. The van der Waals surface area contributed by atoms with Gasteiger partial charge in [-0.3, -0.25) is 4.79 Å². The molecule has 8 heteroatoms. The number of carbonyl (C=O) groups excluding carboxylic acids is 1. The number of hydrogen-bond acceptors (Lipinski definition) is 4. The molecule has 0 spiro atoms.